The van der Waals surface area contributed by atoms with Crippen LogP contribution in [0.2, 0.25) is 0 Å². The maximum Gasteiger partial charge on any atom is 0.339 e. The van der Waals surface area contributed by atoms with E-state index in [-0.39, 0.29) is 12.3 Å². The number of nitrogens with zero attached hydrogens (tertiary/aromatic N) is 1. The number of nitrogens with one attached hydrogen (secondary N) is 1. The van der Waals surface area contributed by atoms with Gasteiger partial charge in [-0.05, 0) is 33.6 Å². The molecule has 0 amide bonds. The van der Waals surface area contributed by atoms with E-state index < -0.39 is 5.97 Å². The molecule has 0 unspecified atom stereocenters. The minimum Gasteiger partial charge on any atom is -0.465 e. The molecule has 0 fully saturated rings. The van der Waals surface area contributed by atoms with Gasteiger partial charge >= 0.3 is 5.97 Å². The Morgan fingerprint density at radius 1 is 1.19 bits per heavy atom. The number of allylic oxidation sites excluding steroid dienone is 1. The Morgan fingerprint density at radius 3 is 2.69 bits per heavy atom. The van der Waals surface area contributed by atoms with E-state index in [9.17, 15) is 9.59 Å². The molecule has 2 aromatic rings. The van der Waals surface area contributed by atoms with E-state index in [1.807, 2.05) is 36.4 Å². The molecule has 2 aromatic carbocycles. The van der Waals surface area contributed by atoms with Crippen LogP contribution in [0.25, 0.3) is 0 Å². The zero-order valence-corrected chi connectivity index (χ0v) is 15.7. The maximum atomic E-state index is 11.9. The molecule has 1 aliphatic heterocycles. The van der Waals surface area contributed by atoms with E-state index in [0.29, 0.717) is 27.8 Å². The summed E-state index contributed by atoms with van der Waals surface area (Å²) in [6.07, 6.45) is 2.17. The second kappa shape index (κ2) is 8.10. The van der Waals surface area contributed by atoms with E-state index in [1.54, 1.807) is 18.2 Å². The van der Waals surface area contributed by atoms with Gasteiger partial charge in [0.05, 0.1) is 34.2 Å². The van der Waals surface area contributed by atoms with E-state index in [1.165, 1.54) is 7.11 Å². The second-order valence-corrected chi connectivity index (χ2v) is 6.53. The number of methoxy groups -OCH3 is 1. The number of esters is 1. The highest BCUT2D eigenvalue weighted by Crippen LogP contribution is 2.29. The molecule has 6 heteroatoms. The van der Waals surface area contributed by atoms with Crippen LogP contribution in [-0.2, 0) is 16.0 Å². The number of benzene rings is 2. The Morgan fingerprint density at radius 2 is 1.96 bits per heavy atom. The normalized spacial score (nSPS) is 13.7. The topological polar surface area (TPSA) is 67.8 Å². The van der Waals surface area contributed by atoms with Crippen molar-refractivity contribution in [1.82, 2.24) is 0 Å². The van der Waals surface area contributed by atoms with Crippen LogP contribution in [0.15, 0.2) is 69.8 Å². The fourth-order valence-corrected chi connectivity index (χ4v) is 3.16. The number of hydrogen-bond donors (Lipinski definition) is 1. The molecule has 0 atom stereocenters. The molecular weight excluding hydrogens is 396 g/mol. The monoisotopic (exact) mass is 412 g/mol. The summed E-state index contributed by atoms with van der Waals surface area (Å²) in [5.74, 6) is -0.503. The SMILES string of the molecule is COC(=O)c1cccc(NC2=CC(=O)CN=C2Cc2ccccc2)c1Br. The highest BCUT2D eigenvalue weighted by atomic mass is 79.9. The summed E-state index contributed by atoms with van der Waals surface area (Å²) in [6.45, 7) is 0.150. The van der Waals surface area contributed by atoms with Crippen molar-refractivity contribution in [1.29, 1.82) is 0 Å². The summed E-state index contributed by atoms with van der Waals surface area (Å²) in [7, 11) is 1.34. The predicted molar refractivity (Wildman–Crippen MR) is 105 cm³/mol. The Hall–Kier alpha value is -2.73. The molecule has 0 spiro atoms. The molecule has 1 aliphatic rings. The predicted octanol–water partition coefficient (Wildman–Crippen LogP) is 3.80. The van der Waals surface area contributed by atoms with Gasteiger partial charge in [0.1, 0.15) is 6.54 Å². The number of hydrogen-bond acceptors (Lipinski definition) is 5. The summed E-state index contributed by atoms with van der Waals surface area (Å²) < 4.78 is 5.36. The van der Waals surface area contributed by atoms with E-state index >= 15 is 0 Å². The highest BCUT2D eigenvalue weighted by Gasteiger charge is 2.19. The van der Waals surface area contributed by atoms with Gasteiger partial charge in [0.25, 0.3) is 0 Å². The highest BCUT2D eigenvalue weighted by molar-refractivity contribution is 9.10. The summed E-state index contributed by atoms with van der Waals surface area (Å²) in [5, 5.41) is 3.22. The lowest BCUT2D eigenvalue weighted by atomic mass is 10.0. The van der Waals surface area contributed by atoms with E-state index in [2.05, 4.69) is 26.2 Å². The standard InChI is InChI=1S/C20H17BrN2O3/c1-26-20(25)15-8-5-9-16(19(15)21)23-18-11-14(24)12-22-17(18)10-13-6-3-2-4-7-13/h2-9,11,23H,10,12H2,1H3. The lowest BCUT2D eigenvalue weighted by Crippen LogP contribution is -2.22. The molecule has 0 radical (unpaired) electrons. The number of ether oxygens (including phenoxy) is 1. The zero-order valence-electron chi connectivity index (χ0n) is 14.2. The lowest BCUT2D eigenvalue weighted by Gasteiger charge is -2.18. The summed E-state index contributed by atoms with van der Waals surface area (Å²) in [5.41, 5.74) is 3.60. The molecule has 132 valence electrons. The van der Waals surface area contributed by atoms with Crippen LogP contribution in [0.5, 0.6) is 0 Å². The molecule has 3 rings (SSSR count). The third-order valence-electron chi connectivity index (χ3n) is 3.93. The molecule has 0 saturated heterocycles. The average Bonchev–Trinajstić information content (AvgIpc) is 2.66. The van der Waals surface area contributed by atoms with E-state index in [0.717, 1.165) is 11.3 Å². The molecule has 0 aliphatic carbocycles. The van der Waals surface area contributed by atoms with Crippen molar-refractivity contribution in [3.63, 3.8) is 0 Å². The van der Waals surface area contributed by atoms with Gasteiger partial charge in [0, 0.05) is 12.5 Å². The number of carbonyl (C=O) groups excluding carboxylic acids is 2. The number of carbonyl (C=O) groups is 2. The molecular formula is C20H17BrN2O3. The Bertz CT molecular complexity index is 905. The van der Waals surface area contributed by atoms with Gasteiger partial charge in [-0.25, -0.2) is 4.79 Å². The molecule has 5 nitrogen and oxygen atoms in total. The number of halogens is 1. The first kappa shape index (κ1) is 18.1. The zero-order chi connectivity index (χ0) is 18.5. The van der Waals surface area contributed by atoms with Crippen molar-refractivity contribution in [2.24, 2.45) is 4.99 Å². The van der Waals surface area contributed by atoms with Crippen LogP contribution in [0.1, 0.15) is 15.9 Å². The van der Waals surface area contributed by atoms with Crippen LogP contribution < -0.4 is 5.32 Å². The van der Waals surface area contributed by atoms with Crippen LogP contribution in [0.3, 0.4) is 0 Å². The molecule has 1 heterocycles. The quantitative estimate of drug-likeness (QED) is 0.758. The van der Waals surface area contributed by atoms with Crippen LogP contribution >= 0.6 is 15.9 Å². The Labute approximate surface area is 159 Å². The van der Waals surface area contributed by atoms with Gasteiger partial charge in [-0.3, -0.25) is 9.79 Å². The second-order valence-electron chi connectivity index (χ2n) is 5.73. The van der Waals surface area contributed by atoms with Crippen molar-refractivity contribution in [3.8, 4) is 0 Å². The van der Waals surface area contributed by atoms with Gasteiger partial charge in [0.2, 0.25) is 0 Å². The number of rotatable bonds is 5. The average molecular weight is 413 g/mol. The molecule has 0 saturated carbocycles. The number of ketones is 1. The van der Waals surface area contributed by atoms with Gasteiger partial charge in [-0.15, -0.1) is 0 Å². The van der Waals surface area contributed by atoms with Gasteiger partial charge in [0.15, 0.2) is 5.78 Å². The Balaban J connectivity index is 1.88. The Kier molecular flexibility index (Phi) is 5.63. The first-order valence-electron chi connectivity index (χ1n) is 8.04. The smallest absolute Gasteiger partial charge is 0.339 e. The maximum absolute atomic E-state index is 11.9. The van der Waals surface area contributed by atoms with Crippen molar-refractivity contribution in [2.45, 2.75) is 6.42 Å². The summed E-state index contributed by atoms with van der Waals surface area (Å²) in [4.78, 5) is 28.1. The fraction of sp³-hybridized carbons (Fsp3) is 0.150. The first-order valence-corrected chi connectivity index (χ1v) is 8.84. The molecule has 0 bridgehead atoms. The number of dihydropyridines is 1. The minimum atomic E-state index is -0.438. The molecule has 26 heavy (non-hydrogen) atoms. The molecule has 0 aromatic heterocycles. The van der Waals surface area contributed by atoms with Crippen LogP contribution in [0.4, 0.5) is 5.69 Å². The van der Waals surface area contributed by atoms with Gasteiger partial charge < -0.3 is 10.1 Å². The van der Waals surface area contributed by atoms with Crippen LogP contribution in [-0.4, -0.2) is 31.1 Å². The largest absolute Gasteiger partial charge is 0.465 e. The summed E-state index contributed by atoms with van der Waals surface area (Å²) in [6, 6.07) is 15.2. The number of aliphatic imine (C=N–C) groups is 1. The third-order valence-corrected chi connectivity index (χ3v) is 4.78. The lowest BCUT2D eigenvalue weighted by molar-refractivity contribution is -0.113. The van der Waals surface area contributed by atoms with Crippen LogP contribution in [0, 0.1) is 0 Å². The van der Waals surface area contributed by atoms with Crippen molar-refractivity contribution in [2.75, 3.05) is 19.0 Å². The van der Waals surface area contributed by atoms with Gasteiger partial charge in [-0.2, -0.15) is 0 Å². The first-order chi connectivity index (χ1) is 12.6. The minimum absolute atomic E-state index is 0.0652. The van der Waals surface area contributed by atoms with Crippen molar-refractivity contribution < 1.29 is 14.3 Å². The fourth-order valence-electron chi connectivity index (χ4n) is 2.64. The third kappa shape index (κ3) is 4.08. The summed E-state index contributed by atoms with van der Waals surface area (Å²) >= 11 is 3.44. The van der Waals surface area contributed by atoms with E-state index in [4.69, 9.17) is 4.74 Å². The van der Waals surface area contributed by atoms with Gasteiger partial charge in [-0.1, -0.05) is 36.4 Å². The molecule has 1 N–H and O–H groups in total. The number of anilines is 1. The van der Waals surface area contributed by atoms with Crippen molar-refractivity contribution in [3.05, 3.63) is 75.9 Å². The van der Waals surface area contributed by atoms with Crippen molar-refractivity contribution >= 4 is 39.1 Å².